The van der Waals surface area contributed by atoms with Crippen molar-refractivity contribution in [2.45, 2.75) is 25.7 Å². The van der Waals surface area contributed by atoms with Crippen LogP contribution in [0, 0.1) is 5.82 Å². The number of hydrogen-bond donors (Lipinski definition) is 2. The van der Waals surface area contributed by atoms with Gasteiger partial charge >= 0.3 is 0 Å². The van der Waals surface area contributed by atoms with Gasteiger partial charge in [-0.1, -0.05) is 36.0 Å². The van der Waals surface area contributed by atoms with E-state index in [9.17, 15) is 4.39 Å². The Hall–Kier alpha value is -0.510. The Balaban J connectivity index is 2.32. The minimum Gasteiger partial charge on any atom is -0.396 e. The Kier molecular flexibility index (Phi) is 6.63. The molecule has 0 saturated carbocycles. The molecule has 0 spiro atoms. The third-order valence-electron chi connectivity index (χ3n) is 2.40. The van der Waals surface area contributed by atoms with Gasteiger partial charge in [-0.2, -0.15) is 0 Å². The smallest absolute Gasteiger partial charge is 0.160 e. The van der Waals surface area contributed by atoms with E-state index in [1.807, 2.05) is 0 Å². The molecule has 0 saturated heterocycles. The van der Waals surface area contributed by atoms with Crippen molar-refractivity contribution in [2.24, 2.45) is 0 Å². The van der Waals surface area contributed by atoms with Crippen molar-refractivity contribution in [3.8, 4) is 0 Å². The van der Waals surface area contributed by atoms with Crippen molar-refractivity contribution in [1.82, 2.24) is 0 Å². The first kappa shape index (κ1) is 14.6. The van der Waals surface area contributed by atoms with Gasteiger partial charge in [-0.05, 0) is 25.0 Å². The first-order valence-corrected chi connectivity index (χ1v) is 6.40. The molecule has 17 heavy (non-hydrogen) atoms. The molecule has 0 radical (unpaired) electrons. The number of nitrogens with one attached hydrogen (secondary N) is 1. The van der Waals surface area contributed by atoms with Gasteiger partial charge < -0.3 is 10.4 Å². The fraction of sp³-hybridized carbons (Fsp3) is 0.500. The number of unbranched alkanes of at least 4 members (excludes halogenated alkanes) is 3. The SMILES string of the molecule is OCCCCCCNc1cc(Cl)c(F)c(Cl)c1. The molecule has 5 heteroatoms. The summed E-state index contributed by atoms with van der Waals surface area (Å²) in [5.41, 5.74) is 0.726. The van der Waals surface area contributed by atoms with Crippen molar-refractivity contribution in [1.29, 1.82) is 0 Å². The Bertz CT molecular complexity index is 337. The van der Waals surface area contributed by atoms with Crippen molar-refractivity contribution in [3.63, 3.8) is 0 Å². The lowest BCUT2D eigenvalue weighted by Gasteiger charge is -2.08. The summed E-state index contributed by atoms with van der Waals surface area (Å²) in [5, 5.41) is 11.8. The van der Waals surface area contributed by atoms with Crippen LogP contribution < -0.4 is 5.32 Å². The molecule has 1 aromatic carbocycles. The third kappa shape index (κ3) is 5.11. The largest absolute Gasteiger partial charge is 0.396 e. The number of halogens is 3. The number of aliphatic hydroxyl groups is 1. The average molecular weight is 280 g/mol. The summed E-state index contributed by atoms with van der Waals surface area (Å²) >= 11 is 11.3. The molecule has 0 bridgehead atoms. The number of benzene rings is 1. The molecule has 0 heterocycles. The molecule has 0 fully saturated rings. The Labute approximate surface area is 111 Å². The fourth-order valence-corrected chi connectivity index (χ4v) is 1.97. The number of rotatable bonds is 7. The first-order chi connectivity index (χ1) is 8.15. The maximum absolute atomic E-state index is 13.1. The van der Waals surface area contributed by atoms with Crippen molar-refractivity contribution < 1.29 is 9.50 Å². The third-order valence-corrected chi connectivity index (χ3v) is 2.95. The van der Waals surface area contributed by atoms with E-state index in [1.165, 1.54) is 12.1 Å². The van der Waals surface area contributed by atoms with E-state index in [0.29, 0.717) is 0 Å². The predicted octanol–water partition coefficient (Wildman–Crippen LogP) is 4.10. The average Bonchev–Trinajstić information content (AvgIpc) is 2.30. The van der Waals surface area contributed by atoms with Gasteiger partial charge in [0.2, 0.25) is 0 Å². The van der Waals surface area contributed by atoms with Gasteiger partial charge in [-0.3, -0.25) is 0 Å². The second kappa shape index (κ2) is 7.75. The molecular weight excluding hydrogens is 264 g/mol. The molecule has 0 aromatic heterocycles. The summed E-state index contributed by atoms with van der Waals surface area (Å²) < 4.78 is 13.1. The van der Waals surface area contributed by atoms with Crippen molar-refractivity contribution in [3.05, 3.63) is 28.0 Å². The van der Waals surface area contributed by atoms with E-state index >= 15 is 0 Å². The molecule has 0 aliphatic heterocycles. The zero-order chi connectivity index (χ0) is 12.7. The molecule has 0 unspecified atom stereocenters. The lowest BCUT2D eigenvalue weighted by atomic mass is 10.2. The molecule has 0 atom stereocenters. The monoisotopic (exact) mass is 279 g/mol. The van der Waals surface area contributed by atoms with Gasteiger partial charge in [0.1, 0.15) is 0 Å². The Morgan fingerprint density at radius 3 is 2.24 bits per heavy atom. The maximum atomic E-state index is 13.1. The highest BCUT2D eigenvalue weighted by molar-refractivity contribution is 6.35. The summed E-state index contributed by atoms with van der Waals surface area (Å²) in [5.74, 6) is -0.582. The van der Waals surface area contributed by atoms with Crippen LogP contribution in [0.5, 0.6) is 0 Å². The normalized spacial score (nSPS) is 10.6. The summed E-state index contributed by atoms with van der Waals surface area (Å²) in [7, 11) is 0. The van der Waals surface area contributed by atoms with E-state index in [4.69, 9.17) is 28.3 Å². The summed E-state index contributed by atoms with van der Waals surface area (Å²) in [6.45, 7) is 1.03. The highest BCUT2D eigenvalue weighted by Crippen LogP contribution is 2.27. The standard InChI is InChI=1S/C12H16Cl2FNO/c13-10-7-9(8-11(14)12(10)15)16-5-3-1-2-4-6-17/h7-8,16-17H,1-6H2. The first-order valence-electron chi connectivity index (χ1n) is 5.64. The van der Waals surface area contributed by atoms with Crippen LogP contribution in [-0.4, -0.2) is 18.3 Å². The Morgan fingerprint density at radius 1 is 1.06 bits per heavy atom. The quantitative estimate of drug-likeness (QED) is 0.582. The molecule has 0 aliphatic carbocycles. The molecule has 96 valence electrons. The van der Waals surface area contributed by atoms with Crippen molar-refractivity contribution in [2.75, 3.05) is 18.5 Å². The molecule has 1 rings (SSSR count). The molecule has 0 amide bonds. The second-order valence-corrected chi connectivity index (χ2v) is 4.63. The summed E-state index contributed by atoms with van der Waals surface area (Å²) in [4.78, 5) is 0. The summed E-state index contributed by atoms with van der Waals surface area (Å²) in [6, 6.07) is 3.05. The van der Waals surface area contributed by atoms with Crippen LogP contribution >= 0.6 is 23.2 Å². The zero-order valence-corrected chi connectivity index (χ0v) is 11.0. The Morgan fingerprint density at radius 2 is 1.65 bits per heavy atom. The van der Waals surface area contributed by atoms with E-state index in [2.05, 4.69) is 5.32 Å². The highest BCUT2D eigenvalue weighted by Gasteiger charge is 2.06. The van der Waals surface area contributed by atoms with Gasteiger partial charge in [0.05, 0.1) is 10.0 Å². The fourth-order valence-electron chi connectivity index (χ4n) is 1.48. The van der Waals surface area contributed by atoms with Crippen molar-refractivity contribution >= 4 is 28.9 Å². The minimum absolute atomic E-state index is 0.0280. The molecule has 2 N–H and O–H groups in total. The van der Waals surface area contributed by atoms with Gasteiger partial charge in [0, 0.05) is 18.8 Å². The summed E-state index contributed by atoms with van der Waals surface area (Å²) in [6.07, 6.45) is 3.90. The van der Waals surface area contributed by atoms with Crippen LogP contribution in [0.3, 0.4) is 0 Å². The minimum atomic E-state index is -0.582. The van der Waals surface area contributed by atoms with E-state index in [0.717, 1.165) is 37.9 Å². The highest BCUT2D eigenvalue weighted by atomic mass is 35.5. The van der Waals surface area contributed by atoms with Gasteiger partial charge in [-0.15, -0.1) is 0 Å². The van der Waals surface area contributed by atoms with E-state index in [-0.39, 0.29) is 16.7 Å². The lowest BCUT2D eigenvalue weighted by Crippen LogP contribution is -2.02. The zero-order valence-electron chi connectivity index (χ0n) is 9.48. The van der Waals surface area contributed by atoms with Crippen LogP contribution in [0.15, 0.2) is 12.1 Å². The van der Waals surface area contributed by atoms with E-state index < -0.39 is 5.82 Å². The van der Waals surface area contributed by atoms with Crippen LogP contribution in [0.1, 0.15) is 25.7 Å². The molecule has 2 nitrogen and oxygen atoms in total. The van der Waals surface area contributed by atoms with Crippen LogP contribution in [-0.2, 0) is 0 Å². The van der Waals surface area contributed by atoms with Gasteiger partial charge in [0.15, 0.2) is 5.82 Å². The molecule has 1 aromatic rings. The number of hydrogen-bond acceptors (Lipinski definition) is 2. The number of aliphatic hydroxyl groups excluding tert-OH is 1. The topological polar surface area (TPSA) is 32.3 Å². The van der Waals surface area contributed by atoms with E-state index in [1.54, 1.807) is 0 Å². The second-order valence-electron chi connectivity index (χ2n) is 3.82. The predicted molar refractivity (Wildman–Crippen MR) is 70.5 cm³/mol. The van der Waals surface area contributed by atoms with Gasteiger partial charge in [-0.25, -0.2) is 4.39 Å². The molecular formula is C12H16Cl2FNO. The van der Waals surface area contributed by atoms with Crippen LogP contribution in [0.2, 0.25) is 10.0 Å². The van der Waals surface area contributed by atoms with Crippen LogP contribution in [0.4, 0.5) is 10.1 Å². The van der Waals surface area contributed by atoms with Crippen LogP contribution in [0.25, 0.3) is 0 Å². The van der Waals surface area contributed by atoms with Gasteiger partial charge in [0.25, 0.3) is 0 Å². The molecule has 0 aliphatic rings. The maximum Gasteiger partial charge on any atom is 0.160 e. The lowest BCUT2D eigenvalue weighted by molar-refractivity contribution is 0.283. The number of anilines is 1.